The van der Waals surface area contributed by atoms with Crippen LogP contribution in [-0.2, 0) is 4.79 Å². The molecule has 0 aromatic heterocycles. The van der Waals surface area contributed by atoms with Crippen LogP contribution in [0.5, 0.6) is 5.75 Å². The molecule has 1 unspecified atom stereocenters. The van der Waals surface area contributed by atoms with Gasteiger partial charge in [0.2, 0.25) is 5.91 Å². The molecule has 0 heterocycles. The van der Waals surface area contributed by atoms with Gasteiger partial charge in [0, 0.05) is 17.4 Å². The number of halogens is 1. The quantitative estimate of drug-likeness (QED) is 0.641. The third-order valence-corrected chi connectivity index (χ3v) is 4.41. The van der Waals surface area contributed by atoms with Gasteiger partial charge in [0.1, 0.15) is 5.75 Å². The van der Waals surface area contributed by atoms with Gasteiger partial charge in [-0.25, -0.2) is 0 Å². The number of hydrogen-bond donors (Lipinski definition) is 1. The minimum Gasteiger partial charge on any atom is -0.494 e. The summed E-state index contributed by atoms with van der Waals surface area (Å²) in [7, 11) is 4.05. The van der Waals surface area contributed by atoms with E-state index < -0.39 is 0 Å². The Labute approximate surface area is 158 Å². The lowest BCUT2D eigenvalue weighted by molar-refractivity contribution is -0.121. The second-order valence-electron chi connectivity index (χ2n) is 6.10. The van der Waals surface area contributed by atoms with E-state index in [-0.39, 0.29) is 11.9 Å². The fourth-order valence-electron chi connectivity index (χ4n) is 2.55. The summed E-state index contributed by atoms with van der Waals surface area (Å²) in [5.41, 5.74) is 1.20. The largest absolute Gasteiger partial charge is 0.494 e. The van der Waals surface area contributed by atoms with E-state index in [1.807, 2.05) is 56.6 Å². The fraction of sp³-hybridized carbons (Fsp3) is 0.350. The summed E-state index contributed by atoms with van der Waals surface area (Å²) >= 11 is 3.41. The van der Waals surface area contributed by atoms with Gasteiger partial charge in [0.05, 0.1) is 12.6 Å². The summed E-state index contributed by atoms with van der Waals surface area (Å²) in [6.07, 6.45) is 1.15. The standard InChI is InChI=1S/C20H25BrN2O2/c1-23(2)19(16-8-4-3-5-9-16)15-22-20(24)12-7-13-25-18-11-6-10-17(21)14-18/h3-6,8-11,14,19H,7,12-13,15H2,1-2H3,(H,22,24). The van der Waals surface area contributed by atoms with Crippen molar-refractivity contribution in [3.05, 3.63) is 64.6 Å². The van der Waals surface area contributed by atoms with Crippen LogP contribution in [0.15, 0.2) is 59.1 Å². The maximum absolute atomic E-state index is 12.1. The molecule has 2 aromatic carbocycles. The first kappa shape index (κ1) is 19.5. The lowest BCUT2D eigenvalue weighted by atomic mass is 10.1. The van der Waals surface area contributed by atoms with Crippen molar-refractivity contribution in [3.63, 3.8) is 0 Å². The molecule has 0 saturated heterocycles. The Morgan fingerprint density at radius 2 is 1.92 bits per heavy atom. The van der Waals surface area contributed by atoms with Crippen LogP contribution in [0.1, 0.15) is 24.4 Å². The van der Waals surface area contributed by atoms with Gasteiger partial charge in [-0.2, -0.15) is 0 Å². The molecular weight excluding hydrogens is 380 g/mol. The Bertz CT molecular complexity index is 662. The number of benzene rings is 2. The van der Waals surface area contributed by atoms with Gasteiger partial charge in [-0.15, -0.1) is 0 Å². The number of amides is 1. The Morgan fingerprint density at radius 1 is 1.16 bits per heavy atom. The molecule has 0 bridgehead atoms. The third kappa shape index (κ3) is 6.88. The predicted octanol–water partition coefficient (Wildman–Crippen LogP) is 4.03. The molecule has 1 amide bonds. The Kier molecular flexibility index (Phi) is 7.95. The van der Waals surface area contributed by atoms with Crippen LogP contribution in [0.25, 0.3) is 0 Å². The molecule has 1 N–H and O–H groups in total. The van der Waals surface area contributed by atoms with E-state index in [9.17, 15) is 4.79 Å². The molecule has 0 aliphatic carbocycles. The second kappa shape index (κ2) is 10.2. The van der Waals surface area contributed by atoms with Crippen LogP contribution in [0, 0.1) is 0 Å². The topological polar surface area (TPSA) is 41.6 Å². The van der Waals surface area contributed by atoms with Gasteiger partial charge >= 0.3 is 0 Å². The van der Waals surface area contributed by atoms with Crippen LogP contribution in [0.2, 0.25) is 0 Å². The van der Waals surface area contributed by atoms with E-state index in [1.165, 1.54) is 5.56 Å². The lowest BCUT2D eigenvalue weighted by Gasteiger charge is -2.25. The van der Waals surface area contributed by atoms with Gasteiger partial charge in [0.15, 0.2) is 0 Å². The Morgan fingerprint density at radius 3 is 2.60 bits per heavy atom. The van der Waals surface area contributed by atoms with Crippen LogP contribution in [0.4, 0.5) is 0 Å². The third-order valence-electron chi connectivity index (χ3n) is 3.91. The minimum atomic E-state index is 0.0561. The lowest BCUT2D eigenvalue weighted by Crippen LogP contribution is -2.34. The highest BCUT2D eigenvalue weighted by Crippen LogP contribution is 2.18. The van der Waals surface area contributed by atoms with Crippen molar-refractivity contribution in [3.8, 4) is 5.75 Å². The molecule has 2 rings (SSSR count). The fourth-order valence-corrected chi connectivity index (χ4v) is 2.93. The Hall–Kier alpha value is -1.85. The van der Waals surface area contributed by atoms with E-state index in [1.54, 1.807) is 0 Å². The van der Waals surface area contributed by atoms with E-state index in [0.717, 1.165) is 10.2 Å². The number of rotatable bonds is 9. The summed E-state index contributed by atoms with van der Waals surface area (Å²) < 4.78 is 6.64. The molecule has 0 spiro atoms. The summed E-state index contributed by atoms with van der Waals surface area (Å²) in [6, 6.07) is 18.1. The summed E-state index contributed by atoms with van der Waals surface area (Å²) in [6.45, 7) is 1.13. The molecule has 0 aliphatic heterocycles. The average Bonchev–Trinajstić information content (AvgIpc) is 2.60. The van der Waals surface area contributed by atoms with Gasteiger partial charge in [-0.1, -0.05) is 52.3 Å². The maximum atomic E-state index is 12.1. The number of carbonyl (C=O) groups is 1. The number of nitrogens with one attached hydrogen (secondary N) is 1. The molecule has 0 radical (unpaired) electrons. The average molecular weight is 405 g/mol. The zero-order chi connectivity index (χ0) is 18.1. The number of ether oxygens (including phenoxy) is 1. The first-order chi connectivity index (χ1) is 12.1. The molecule has 0 fully saturated rings. The van der Waals surface area contributed by atoms with E-state index in [4.69, 9.17) is 4.74 Å². The molecule has 2 aromatic rings. The summed E-state index contributed by atoms with van der Waals surface area (Å²) in [5, 5.41) is 3.03. The SMILES string of the molecule is CN(C)C(CNC(=O)CCCOc1cccc(Br)c1)c1ccccc1. The first-order valence-corrected chi connectivity index (χ1v) is 9.22. The summed E-state index contributed by atoms with van der Waals surface area (Å²) in [4.78, 5) is 14.2. The molecule has 1 atom stereocenters. The molecule has 25 heavy (non-hydrogen) atoms. The van der Waals surface area contributed by atoms with Crippen molar-refractivity contribution in [2.75, 3.05) is 27.2 Å². The predicted molar refractivity (Wildman–Crippen MR) is 105 cm³/mol. The van der Waals surface area contributed by atoms with Crippen LogP contribution in [0.3, 0.4) is 0 Å². The van der Waals surface area contributed by atoms with Crippen LogP contribution >= 0.6 is 15.9 Å². The van der Waals surface area contributed by atoms with E-state index in [2.05, 4.69) is 38.3 Å². The molecule has 134 valence electrons. The normalized spacial score (nSPS) is 12.0. The van der Waals surface area contributed by atoms with E-state index >= 15 is 0 Å². The van der Waals surface area contributed by atoms with Gasteiger partial charge in [-0.05, 0) is 44.3 Å². The maximum Gasteiger partial charge on any atom is 0.220 e. The van der Waals surface area contributed by atoms with Crippen LogP contribution < -0.4 is 10.1 Å². The van der Waals surface area contributed by atoms with Gasteiger partial charge in [-0.3, -0.25) is 4.79 Å². The first-order valence-electron chi connectivity index (χ1n) is 8.42. The second-order valence-corrected chi connectivity index (χ2v) is 7.02. The molecule has 4 nitrogen and oxygen atoms in total. The molecule has 0 aliphatic rings. The zero-order valence-corrected chi connectivity index (χ0v) is 16.3. The van der Waals surface area contributed by atoms with Crippen molar-refractivity contribution < 1.29 is 9.53 Å². The smallest absolute Gasteiger partial charge is 0.220 e. The Balaban J connectivity index is 1.70. The van der Waals surface area contributed by atoms with Gasteiger partial charge in [0.25, 0.3) is 0 Å². The monoisotopic (exact) mass is 404 g/mol. The molecular formula is C20H25BrN2O2. The van der Waals surface area contributed by atoms with Crippen molar-refractivity contribution in [1.82, 2.24) is 10.2 Å². The van der Waals surface area contributed by atoms with Crippen molar-refractivity contribution in [2.24, 2.45) is 0 Å². The van der Waals surface area contributed by atoms with E-state index in [0.29, 0.717) is 26.0 Å². The highest BCUT2D eigenvalue weighted by Gasteiger charge is 2.14. The highest BCUT2D eigenvalue weighted by molar-refractivity contribution is 9.10. The number of carbonyl (C=O) groups excluding carboxylic acids is 1. The van der Waals surface area contributed by atoms with Crippen LogP contribution in [-0.4, -0.2) is 38.1 Å². The highest BCUT2D eigenvalue weighted by atomic mass is 79.9. The molecule has 0 saturated carbocycles. The number of likely N-dealkylation sites (N-methyl/N-ethyl adjacent to an activating group) is 1. The minimum absolute atomic E-state index is 0.0561. The van der Waals surface area contributed by atoms with Gasteiger partial charge < -0.3 is 15.0 Å². The number of nitrogens with zero attached hydrogens (tertiary/aromatic N) is 1. The van der Waals surface area contributed by atoms with Crippen molar-refractivity contribution in [1.29, 1.82) is 0 Å². The number of hydrogen-bond acceptors (Lipinski definition) is 3. The summed E-state index contributed by atoms with van der Waals surface area (Å²) in [5.74, 6) is 0.868. The molecule has 5 heteroatoms. The van der Waals surface area contributed by atoms with Crippen molar-refractivity contribution >= 4 is 21.8 Å². The van der Waals surface area contributed by atoms with Crippen molar-refractivity contribution in [2.45, 2.75) is 18.9 Å². The zero-order valence-electron chi connectivity index (χ0n) is 14.7.